The molecule has 19 heavy (non-hydrogen) atoms. The van der Waals surface area contributed by atoms with Gasteiger partial charge in [0.25, 0.3) is 0 Å². The molecule has 0 aliphatic rings. The Morgan fingerprint density at radius 2 is 2.05 bits per heavy atom. The molecule has 5 heteroatoms. The molecule has 1 aromatic heterocycles. The molecule has 98 valence electrons. The van der Waals surface area contributed by atoms with E-state index in [1.807, 2.05) is 18.2 Å². The summed E-state index contributed by atoms with van der Waals surface area (Å²) in [5.74, 6) is 1.39. The number of ether oxygens (including phenoxy) is 2. The highest BCUT2D eigenvalue weighted by Crippen LogP contribution is 2.23. The number of halogens is 1. The SMILES string of the molecule is COc1ccc(Br)c(COc2ccc(C=O)nc2)c1. The van der Waals surface area contributed by atoms with E-state index in [0.717, 1.165) is 15.8 Å². The number of carbonyl (C=O) groups excluding carboxylic acids is 1. The molecular weight excluding hydrogens is 310 g/mol. The van der Waals surface area contributed by atoms with Gasteiger partial charge in [-0.3, -0.25) is 4.79 Å². The lowest BCUT2D eigenvalue weighted by molar-refractivity contribution is 0.111. The minimum Gasteiger partial charge on any atom is -0.497 e. The van der Waals surface area contributed by atoms with E-state index in [1.54, 1.807) is 19.2 Å². The Morgan fingerprint density at radius 1 is 1.26 bits per heavy atom. The minimum absolute atomic E-state index is 0.384. The topological polar surface area (TPSA) is 48.4 Å². The van der Waals surface area contributed by atoms with Gasteiger partial charge in [-0.05, 0) is 30.3 Å². The molecule has 0 amide bonds. The summed E-state index contributed by atoms with van der Waals surface area (Å²) < 4.78 is 11.7. The van der Waals surface area contributed by atoms with Crippen molar-refractivity contribution in [1.29, 1.82) is 0 Å². The van der Waals surface area contributed by atoms with Crippen LogP contribution in [0, 0.1) is 0 Å². The molecule has 0 aliphatic carbocycles. The highest BCUT2D eigenvalue weighted by Gasteiger charge is 2.04. The van der Waals surface area contributed by atoms with Crippen LogP contribution in [0.15, 0.2) is 41.0 Å². The first-order valence-electron chi connectivity index (χ1n) is 5.59. The Morgan fingerprint density at radius 3 is 2.68 bits per heavy atom. The molecule has 0 spiro atoms. The van der Waals surface area contributed by atoms with Crippen LogP contribution >= 0.6 is 15.9 Å². The molecule has 0 unspecified atom stereocenters. The summed E-state index contributed by atoms with van der Waals surface area (Å²) in [6, 6.07) is 9.00. The highest BCUT2D eigenvalue weighted by molar-refractivity contribution is 9.10. The van der Waals surface area contributed by atoms with Crippen LogP contribution in [0.5, 0.6) is 11.5 Å². The van der Waals surface area contributed by atoms with Crippen LogP contribution in [0.4, 0.5) is 0 Å². The van der Waals surface area contributed by atoms with Crippen molar-refractivity contribution in [2.45, 2.75) is 6.61 Å². The summed E-state index contributed by atoms with van der Waals surface area (Å²) in [5.41, 5.74) is 1.36. The van der Waals surface area contributed by atoms with Crippen molar-refractivity contribution in [2.24, 2.45) is 0 Å². The molecule has 0 N–H and O–H groups in total. The number of rotatable bonds is 5. The van der Waals surface area contributed by atoms with E-state index in [4.69, 9.17) is 9.47 Å². The van der Waals surface area contributed by atoms with Gasteiger partial charge in [0.1, 0.15) is 23.8 Å². The van der Waals surface area contributed by atoms with Gasteiger partial charge < -0.3 is 9.47 Å². The van der Waals surface area contributed by atoms with Gasteiger partial charge in [0.2, 0.25) is 0 Å². The van der Waals surface area contributed by atoms with Gasteiger partial charge in [0, 0.05) is 10.0 Å². The monoisotopic (exact) mass is 321 g/mol. The van der Waals surface area contributed by atoms with E-state index in [-0.39, 0.29) is 0 Å². The lowest BCUT2D eigenvalue weighted by Crippen LogP contribution is -1.98. The number of methoxy groups -OCH3 is 1. The molecule has 0 atom stereocenters. The highest BCUT2D eigenvalue weighted by atomic mass is 79.9. The van der Waals surface area contributed by atoms with Gasteiger partial charge in [-0.1, -0.05) is 15.9 Å². The Bertz CT molecular complexity index is 569. The predicted octanol–water partition coefficient (Wildman–Crippen LogP) is 3.24. The lowest BCUT2D eigenvalue weighted by atomic mass is 10.2. The first-order chi connectivity index (χ1) is 9.22. The van der Waals surface area contributed by atoms with Crippen LogP contribution in [0.25, 0.3) is 0 Å². The van der Waals surface area contributed by atoms with Crippen LogP contribution in [-0.2, 0) is 6.61 Å². The van der Waals surface area contributed by atoms with Crippen molar-refractivity contribution in [1.82, 2.24) is 4.98 Å². The van der Waals surface area contributed by atoms with E-state index >= 15 is 0 Å². The third-order valence-electron chi connectivity index (χ3n) is 2.53. The molecule has 1 heterocycles. The number of hydrogen-bond acceptors (Lipinski definition) is 4. The fourth-order valence-electron chi connectivity index (χ4n) is 1.50. The summed E-state index contributed by atoms with van der Waals surface area (Å²) >= 11 is 3.46. The Balaban J connectivity index is 2.06. The average molecular weight is 322 g/mol. The van der Waals surface area contributed by atoms with Gasteiger partial charge in [-0.15, -0.1) is 0 Å². The van der Waals surface area contributed by atoms with Crippen molar-refractivity contribution in [3.63, 3.8) is 0 Å². The number of aldehydes is 1. The zero-order valence-electron chi connectivity index (χ0n) is 10.3. The first-order valence-corrected chi connectivity index (χ1v) is 6.38. The van der Waals surface area contributed by atoms with E-state index in [1.165, 1.54) is 6.20 Å². The van der Waals surface area contributed by atoms with Crippen LogP contribution in [0.1, 0.15) is 16.1 Å². The number of carbonyl (C=O) groups is 1. The third kappa shape index (κ3) is 3.54. The maximum Gasteiger partial charge on any atom is 0.168 e. The fourth-order valence-corrected chi connectivity index (χ4v) is 1.86. The smallest absolute Gasteiger partial charge is 0.168 e. The Hall–Kier alpha value is -1.88. The summed E-state index contributed by atoms with van der Waals surface area (Å²) in [6.45, 7) is 0.389. The zero-order chi connectivity index (χ0) is 13.7. The Labute approximate surface area is 119 Å². The number of hydrogen-bond donors (Lipinski definition) is 0. The van der Waals surface area contributed by atoms with Gasteiger partial charge in [-0.25, -0.2) is 4.98 Å². The Kier molecular flexibility index (Phi) is 4.52. The summed E-state index contributed by atoms with van der Waals surface area (Å²) in [6.07, 6.45) is 2.22. The van der Waals surface area contributed by atoms with Gasteiger partial charge in [-0.2, -0.15) is 0 Å². The summed E-state index contributed by atoms with van der Waals surface area (Å²) in [7, 11) is 1.62. The maximum absolute atomic E-state index is 10.5. The summed E-state index contributed by atoms with van der Waals surface area (Å²) in [5, 5.41) is 0. The molecule has 0 saturated carbocycles. The lowest BCUT2D eigenvalue weighted by Gasteiger charge is -2.09. The van der Waals surface area contributed by atoms with Gasteiger partial charge in [0.15, 0.2) is 6.29 Å². The van der Waals surface area contributed by atoms with Crippen molar-refractivity contribution in [3.8, 4) is 11.5 Å². The van der Waals surface area contributed by atoms with Crippen LogP contribution < -0.4 is 9.47 Å². The maximum atomic E-state index is 10.5. The molecule has 2 aromatic rings. The fraction of sp³-hybridized carbons (Fsp3) is 0.143. The van der Waals surface area contributed by atoms with E-state index in [0.29, 0.717) is 24.3 Å². The largest absolute Gasteiger partial charge is 0.497 e. The molecule has 0 saturated heterocycles. The van der Waals surface area contributed by atoms with E-state index < -0.39 is 0 Å². The number of benzene rings is 1. The zero-order valence-corrected chi connectivity index (χ0v) is 11.9. The van der Waals surface area contributed by atoms with E-state index in [9.17, 15) is 4.79 Å². The van der Waals surface area contributed by atoms with Crippen LogP contribution in [-0.4, -0.2) is 18.4 Å². The van der Waals surface area contributed by atoms with Crippen LogP contribution in [0.3, 0.4) is 0 Å². The average Bonchev–Trinajstić information content (AvgIpc) is 2.47. The van der Waals surface area contributed by atoms with Crippen molar-refractivity contribution in [2.75, 3.05) is 7.11 Å². The number of nitrogens with zero attached hydrogens (tertiary/aromatic N) is 1. The second-order valence-corrected chi connectivity index (χ2v) is 4.64. The van der Waals surface area contributed by atoms with Crippen molar-refractivity contribution >= 4 is 22.2 Å². The van der Waals surface area contributed by atoms with Crippen molar-refractivity contribution < 1.29 is 14.3 Å². The second kappa shape index (κ2) is 6.33. The molecule has 0 aliphatic heterocycles. The molecule has 0 bridgehead atoms. The molecule has 1 aromatic carbocycles. The second-order valence-electron chi connectivity index (χ2n) is 3.78. The van der Waals surface area contributed by atoms with Crippen molar-refractivity contribution in [3.05, 3.63) is 52.3 Å². The quantitative estimate of drug-likeness (QED) is 0.793. The number of pyridine rings is 1. The van der Waals surface area contributed by atoms with Crippen LogP contribution in [0.2, 0.25) is 0 Å². The summed E-state index contributed by atoms with van der Waals surface area (Å²) in [4.78, 5) is 14.4. The normalized spacial score (nSPS) is 10.0. The standard InChI is InChI=1S/C14H12BrNO3/c1-18-12-4-5-14(15)10(6-12)9-19-13-3-2-11(8-17)16-7-13/h2-8H,9H2,1H3. The molecule has 0 fully saturated rings. The minimum atomic E-state index is 0.384. The molecule has 0 radical (unpaired) electrons. The first kappa shape index (κ1) is 13.5. The van der Waals surface area contributed by atoms with E-state index in [2.05, 4.69) is 20.9 Å². The van der Waals surface area contributed by atoms with Gasteiger partial charge >= 0.3 is 0 Å². The third-order valence-corrected chi connectivity index (χ3v) is 3.30. The molecule has 2 rings (SSSR count). The predicted molar refractivity (Wildman–Crippen MR) is 74.7 cm³/mol. The molecular formula is C14H12BrNO3. The van der Waals surface area contributed by atoms with Gasteiger partial charge in [0.05, 0.1) is 13.3 Å². The number of aromatic nitrogens is 1. The molecule has 4 nitrogen and oxygen atoms in total.